The molecule has 3 aromatic carbocycles. The maximum Gasteiger partial charge on any atom is 0.160 e. The molecule has 4 aromatic rings. The average Bonchev–Trinajstić information content (AvgIpc) is 3.11. The molecule has 0 N–H and O–H groups in total. The molecule has 26 heavy (non-hydrogen) atoms. The van der Waals surface area contributed by atoms with Gasteiger partial charge in [-0.2, -0.15) is 5.26 Å². The summed E-state index contributed by atoms with van der Waals surface area (Å²) < 4.78 is 1.98. The van der Waals surface area contributed by atoms with Crippen LogP contribution >= 0.6 is 0 Å². The van der Waals surface area contributed by atoms with Crippen LogP contribution < -0.4 is 0 Å². The Kier molecular flexibility index (Phi) is 3.83. The van der Waals surface area contributed by atoms with Crippen molar-refractivity contribution < 1.29 is 4.79 Å². The van der Waals surface area contributed by atoms with E-state index in [0.717, 1.165) is 27.8 Å². The molecule has 0 bridgehead atoms. The second kappa shape index (κ2) is 6.30. The molecule has 1 aromatic heterocycles. The van der Waals surface area contributed by atoms with Gasteiger partial charge in [0.15, 0.2) is 5.78 Å². The van der Waals surface area contributed by atoms with Crippen LogP contribution in [0, 0.1) is 11.3 Å². The molecule has 0 saturated carbocycles. The fourth-order valence-corrected chi connectivity index (χ4v) is 3.15. The molecule has 124 valence electrons. The van der Waals surface area contributed by atoms with E-state index in [4.69, 9.17) is 5.26 Å². The quantitative estimate of drug-likeness (QED) is 0.506. The minimum Gasteiger partial charge on any atom is -0.299 e. The summed E-state index contributed by atoms with van der Waals surface area (Å²) in [4.78, 5) is 16.4. The second-order valence-corrected chi connectivity index (χ2v) is 6.08. The van der Waals surface area contributed by atoms with Crippen LogP contribution in [0.4, 0.5) is 0 Å². The molecule has 0 aliphatic carbocycles. The Balaban J connectivity index is 1.85. The highest BCUT2D eigenvalue weighted by Crippen LogP contribution is 2.27. The largest absolute Gasteiger partial charge is 0.299 e. The van der Waals surface area contributed by atoms with Crippen molar-refractivity contribution in [3.63, 3.8) is 0 Å². The zero-order chi connectivity index (χ0) is 18.1. The van der Waals surface area contributed by atoms with Crippen LogP contribution in [0.5, 0.6) is 0 Å². The van der Waals surface area contributed by atoms with Gasteiger partial charge in [0.25, 0.3) is 0 Å². The lowest BCUT2D eigenvalue weighted by atomic mass is 9.97. The first-order valence-electron chi connectivity index (χ1n) is 8.25. The number of rotatable bonds is 3. The van der Waals surface area contributed by atoms with Crippen LogP contribution in [-0.4, -0.2) is 15.3 Å². The van der Waals surface area contributed by atoms with Gasteiger partial charge in [-0.1, -0.05) is 36.4 Å². The molecule has 0 spiro atoms. The van der Waals surface area contributed by atoms with Crippen molar-refractivity contribution in [1.82, 2.24) is 9.55 Å². The Morgan fingerprint density at radius 1 is 1.04 bits per heavy atom. The molecule has 0 aliphatic heterocycles. The molecule has 4 rings (SSSR count). The molecule has 0 atom stereocenters. The van der Waals surface area contributed by atoms with Crippen LogP contribution in [0.2, 0.25) is 0 Å². The van der Waals surface area contributed by atoms with Crippen molar-refractivity contribution in [2.75, 3.05) is 0 Å². The van der Waals surface area contributed by atoms with Gasteiger partial charge >= 0.3 is 0 Å². The minimum atomic E-state index is 0.0446. The zero-order valence-corrected chi connectivity index (χ0v) is 14.2. The molecule has 0 radical (unpaired) electrons. The Morgan fingerprint density at radius 2 is 1.88 bits per heavy atom. The van der Waals surface area contributed by atoms with E-state index in [1.54, 1.807) is 25.4 Å². The van der Waals surface area contributed by atoms with E-state index in [-0.39, 0.29) is 5.78 Å². The smallest absolute Gasteiger partial charge is 0.160 e. The van der Waals surface area contributed by atoms with Crippen molar-refractivity contribution in [2.24, 2.45) is 0 Å². The van der Waals surface area contributed by atoms with Gasteiger partial charge in [0, 0.05) is 11.3 Å². The van der Waals surface area contributed by atoms with E-state index in [1.165, 1.54) is 0 Å². The number of carbonyl (C=O) groups is 1. The summed E-state index contributed by atoms with van der Waals surface area (Å²) in [6.07, 6.45) is 1.75. The van der Waals surface area contributed by atoms with Gasteiger partial charge in [0.1, 0.15) is 6.33 Å². The van der Waals surface area contributed by atoms with Gasteiger partial charge in [0.05, 0.1) is 22.7 Å². The van der Waals surface area contributed by atoms with Crippen molar-refractivity contribution in [3.05, 3.63) is 84.2 Å². The number of hydrogen-bond donors (Lipinski definition) is 0. The minimum absolute atomic E-state index is 0.0446. The van der Waals surface area contributed by atoms with E-state index in [1.807, 2.05) is 59.2 Å². The first-order valence-corrected chi connectivity index (χ1v) is 8.25. The maximum atomic E-state index is 11.9. The highest BCUT2D eigenvalue weighted by Gasteiger charge is 2.10. The fourth-order valence-electron chi connectivity index (χ4n) is 3.15. The molecule has 1 heterocycles. The van der Waals surface area contributed by atoms with E-state index in [2.05, 4.69) is 11.1 Å². The van der Waals surface area contributed by atoms with Crippen LogP contribution in [-0.2, 0) is 0 Å². The third-order valence-electron chi connectivity index (χ3n) is 4.42. The number of imidazole rings is 1. The monoisotopic (exact) mass is 337 g/mol. The van der Waals surface area contributed by atoms with Crippen LogP contribution in [0.15, 0.2) is 73.1 Å². The number of ketones is 1. The Bertz CT molecular complexity index is 1180. The van der Waals surface area contributed by atoms with Gasteiger partial charge in [-0.15, -0.1) is 0 Å². The molecule has 0 aliphatic rings. The van der Waals surface area contributed by atoms with Crippen LogP contribution in [0.3, 0.4) is 0 Å². The fraction of sp³-hybridized carbons (Fsp3) is 0.0455. The van der Waals surface area contributed by atoms with Crippen molar-refractivity contribution in [3.8, 4) is 22.9 Å². The number of nitrogens with zero attached hydrogens (tertiary/aromatic N) is 3. The van der Waals surface area contributed by atoms with E-state index in [0.29, 0.717) is 11.1 Å². The number of aromatic nitrogens is 2. The predicted molar refractivity (Wildman–Crippen MR) is 101 cm³/mol. The molecular formula is C22H15N3O. The lowest BCUT2D eigenvalue weighted by molar-refractivity contribution is 0.101. The molecule has 0 fully saturated rings. The number of Topliss-reactive ketones (excluding diaryl/α,β-unsaturated/α-hetero) is 1. The van der Waals surface area contributed by atoms with Gasteiger partial charge in [0.2, 0.25) is 0 Å². The summed E-state index contributed by atoms with van der Waals surface area (Å²) in [5.74, 6) is 0.0446. The molecule has 0 amide bonds. The molecular weight excluding hydrogens is 322 g/mol. The Labute approximate surface area is 151 Å². The normalized spacial score (nSPS) is 10.6. The van der Waals surface area contributed by atoms with Crippen LogP contribution in [0.1, 0.15) is 22.8 Å². The second-order valence-electron chi connectivity index (χ2n) is 6.08. The summed E-state index contributed by atoms with van der Waals surface area (Å²) in [6, 6.07) is 23.2. The maximum absolute atomic E-state index is 11.9. The summed E-state index contributed by atoms with van der Waals surface area (Å²) in [7, 11) is 0. The van der Waals surface area contributed by atoms with E-state index in [9.17, 15) is 4.79 Å². The topological polar surface area (TPSA) is 58.7 Å². The third-order valence-corrected chi connectivity index (χ3v) is 4.42. The first kappa shape index (κ1) is 15.8. The van der Waals surface area contributed by atoms with Crippen molar-refractivity contribution in [2.45, 2.75) is 6.92 Å². The standard InChI is InChI=1S/C22H15N3O/c1-15(26)19-7-2-3-8-20(19)17-5-4-6-18(12-17)25-14-24-21-11-16(13-23)9-10-22(21)25/h2-12,14H,1H3. The number of fused-ring (bicyclic) bond motifs is 1. The zero-order valence-electron chi connectivity index (χ0n) is 14.2. The SMILES string of the molecule is CC(=O)c1ccccc1-c1cccc(-n2cnc3cc(C#N)ccc32)c1. The summed E-state index contributed by atoms with van der Waals surface area (Å²) >= 11 is 0. The molecule has 0 unspecified atom stereocenters. The van der Waals surface area contributed by atoms with E-state index < -0.39 is 0 Å². The van der Waals surface area contributed by atoms with Gasteiger partial charge in [-0.3, -0.25) is 9.36 Å². The highest BCUT2D eigenvalue weighted by atomic mass is 16.1. The average molecular weight is 337 g/mol. The van der Waals surface area contributed by atoms with Crippen molar-refractivity contribution in [1.29, 1.82) is 5.26 Å². The Hall–Kier alpha value is -3.71. The molecule has 4 heteroatoms. The Morgan fingerprint density at radius 3 is 2.69 bits per heavy atom. The van der Waals surface area contributed by atoms with Crippen LogP contribution in [0.25, 0.3) is 27.8 Å². The van der Waals surface area contributed by atoms with Gasteiger partial charge in [-0.25, -0.2) is 4.98 Å². The lowest BCUT2D eigenvalue weighted by Crippen LogP contribution is -1.97. The van der Waals surface area contributed by atoms with Crippen molar-refractivity contribution >= 4 is 16.8 Å². The first-order chi connectivity index (χ1) is 12.7. The van der Waals surface area contributed by atoms with E-state index >= 15 is 0 Å². The highest BCUT2D eigenvalue weighted by molar-refractivity contribution is 6.00. The summed E-state index contributed by atoms with van der Waals surface area (Å²) in [5, 5.41) is 9.04. The number of nitriles is 1. The molecule has 4 nitrogen and oxygen atoms in total. The number of hydrogen-bond acceptors (Lipinski definition) is 3. The predicted octanol–water partition coefficient (Wildman–Crippen LogP) is 4.77. The molecule has 0 saturated heterocycles. The van der Waals surface area contributed by atoms with Gasteiger partial charge in [-0.05, 0) is 48.4 Å². The summed E-state index contributed by atoms with van der Waals surface area (Å²) in [6.45, 7) is 1.58. The number of benzene rings is 3. The lowest BCUT2D eigenvalue weighted by Gasteiger charge is -2.10. The van der Waals surface area contributed by atoms with Gasteiger partial charge < -0.3 is 0 Å². The third kappa shape index (κ3) is 2.66. The summed E-state index contributed by atoms with van der Waals surface area (Å²) in [5.41, 5.74) is 5.85. The number of carbonyl (C=O) groups excluding carboxylic acids is 1.